The lowest BCUT2D eigenvalue weighted by molar-refractivity contribution is -0.0156. The summed E-state index contributed by atoms with van der Waals surface area (Å²) in [4.78, 5) is 14.5. The molecule has 1 heterocycles. The molecular formula is C24H32N2O3. The topological polar surface area (TPSA) is 61.8 Å². The molecule has 2 atom stereocenters. The molecule has 1 saturated heterocycles. The Bertz CT molecular complexity index is 837. The van der Waals surface area contributed by atoms with E-state index < -0.39 is 0 Å². The summed E-state index contributed by atoms with van der Waals surface area (Å²) in [6.07, 6.45) is 0.641. The quantitative estimate of drug-likeness (QED) is 0.785. The molecule has 3 rings (SSSR count). The Hall–Kier alpha value is -2.37. The predicted octanol–water partition coefficient (Wildman–Crippen LogP) is 3.55. The maximum Gasteiger partial charge on any atom is 0.317 e. The number of morpholine rings is 1. The van der Waals surface area contributed by atoms with Gasteiger partial charge in [-0.15, -0.1) is 0 Å². The molecule has 1 fully saturated rings. The van der Waals surface area contributed by atoms with Crippen LogP contribution in [0.4, 0.5) is 4.79 Å². The molecule has 1 aliphatic heterocycles. The lowest BCUT2D eigenvalue weighted by Gasteiger charge is -2.33. The van der Waals surface area contributed by atoms with Gasteiger partial charge in [-0.1, -0.05) is 48.0 Å². The number of aryl methyl sites for hydroxylation is 3. The molecule has 2 amide bonds. The van der Waals surface area contributed by atoms with E-state index in [1.807, 2.05) is 11.0 Å². The van der Waals surface area contributed by atoms with E-state index in [0.717, 1.165) is 12.0 Å². The third kappa shape index (κ3) is 5.81. The molecule has 0 aliphatic carbocycles. The summed E-state index contributed by atoms with van der Waals surface area (Å²) in [7, 11) is 0. The second-order valence-electron chi connectivity index (χ2n) is 8.08. The third-order valence-electron chi connectivity index (χ3n) is 5.66. The molecule has 0 spiro atoms. The van der Waals surface area contributed by atoms with E-state index >= 15 is 0 Å². The van der Waals surface area contributed by atoms with Crippen LogP contribution >= 0.6 is 0 Å². The fraction of sp³-hybridized carbons (Fsp3) is 0.458. The van der Waals surface area contributed by atoms with Gasteiger partial charge in [-0.2, -0.15) is 0 Å². The minimum Gasteiger partial charge on any atom is -0.396 e. The van der Waals surface area contributed by atoms with Gasteiger partial charge in [0, 0.05) is 25.6 Å². The zero-order valence-corrected chi connectivity index (χ0v) is 17.6. The number of nitrogens with zero attached hydrogens (tertiary/aromatic N) is 1. The van der Waals surface area contributed by atoms with Gasteiger partial charge in [-0.05, 0) is 49.4 Å². The van der Waals surface area contributed by atoms with Crippen LogP contribution in [0, 0.1) is 26.7 Å². The summed E-state index contributed by atoms with van der Waals surface area (Å²) in [5.74, 6) is -0.00247. The predicted molar refractivity (Wildman–Crippen MR) is 115 cm³/mol. The highest BCUT2D eigenvalue weighted by Gasteiger charge is 2.26. The van der Waals surface area contributed by atoms with E-state index in [0.29, 0.717) is 26.2 Å². The first-order valence-electron chi connectivity index (χ1n) is 10.3. The summed E-state index contributed by atoms with van der Waals surface area (Å²) in [6, 6.07) is 14.5. The highest BCUT2D eigenvalue weighted by atomic mass is 16.5. The van der Waals surface area contributed by atoms with Gasteiger partial charge in [0.25, 0.3) is 0 Å². The second kappa shape index (κ2) is 9.90. The molecule has 29 heavy (non-hydrogen) atoms. The summed E-state index contributed by atoms with van der Waals surface area (Å²) < 4.78 is 5.91. The first-order valence-corrected chi connectivity index (χ1v) is 10.3. The molecule has 2 N–H and O–H groups in total. The van der Waals surface area contributed by atoms with Crippen molar-refractivity contribution in [2.45, 2.75) is 33.3 Å². The smallest absolute Gasteiger partial charge is 0.317 e. The molecule has 2 aromatic carbocycles. The number of aliphatic hydroxyl groups excluding tert-OH is 1. The van der Waals surface area contributed by atoms with E-state index in [2.05, 4.69) is 62.5 Å². The van der Waals surface area contributed by atoms with Gasteiger partial charge in [0.1, 0.15) is 6.10 Å². The fourth-order valence-corrected chi connectivity index (χ4v) is 3.72. The van der Waals surface area contributed by atoms with Crippen LogP contribution in [-0.2, 0) is 11.2 Å². The summed E-state index contributed by atoms with van der Waals surface area (Å²) in [6.45, 7) is 8.38. The lowest BCUT2D eigenvalue weighted by atomic mass is 9.99. The van der Waals surface area contributed by atoms with Crippen LogP contribution in [0.2, 0.25) is 0 Å². The van der Waals surface area contributed by atoms with Crippen LogP contribution in [0.3, 0.4) is 0 Å². The number of hydrogen-bond donors (Lipinski definition) is 2. The highest BCUT2D eigenvalue weighted by Crippen LogP contribution is 2.24. The molecule has 5 heteroatoms. The fourth-order valence-electron chi connectivity index (χ4n) is 3.72. The maximum atomic E-state index is 12.7. The normalized spacial score (nSPS) is 17.8. The minimum atomic E-state index is -0.102. The van der Waals surface area contributed by atoms with E-state index in [-0.39, 0.29) is 24.7 Å². The number of ether oxygens (including phenoxy) is 1. The highest BCUT2D eigenvalue weighted by molar-refractivity contribution is 5.74. The molecule has 0 radical (unpaired) electrons. The zero-order valence-electron chi connectivity index (χ0n) is 17.6. The number of carbonyl (C=O) groups is 1. The Morgan fingerprint density at radius 3 is 2.76 bits per heavy atom. The van der Waals surface area contributed by atoms with Crippen molar-refractivity contribution in [2.75, 3.05) is 32.8 Å². The van der Waals surface area contributed by atoms with E-state index in [9.17, 15) is 9.90 Å². The third-order valence-corrected chi connectivity index (χ3v) is 5.66. The SMILES string of the molecule is Cc1cccc(CC(CO)CNC(=O)N2CCOC(c3ccc(C)c(C)c3)C2)c1. The van der Waals surface area contributed by atoms with E-state index in [1.165, 1.54) is 22.3 Å². The van der Waals surface area contributed by atoms with Crippen molar-refractivity contribution in [1.82, 2.24) is 10.2 Å². The number of benzene rings is 2. The van der Waals surface area contributed by atoms with Crippen molar-refractivity contribution in [3.8, 4) is 0 Å². The zero-order chi connectivity index (χ0) is 20.8. The molecular weight excluding hydrogens is 364 g/mol. The number of urea groups is 1. The first kappa shape index (κ1) is 21.3. The van der Waals surface area contributed by atoms with Crippen LogP contribution in [0.15, 0.2) is 42.5 Å². The monoisotopic (exact) mass is 396 g/mol. The molecule has 0 aromatic heterocycles. The first-order chi connectivity index (χ1) is 14.0. The van der Waals surface area contributed by atoms with Gasteiger partial charge in [0.2, 0.25) is 0 Å². The Balaban J connectivity index is 1.54. The van der Waals surface area contributed by atoms with Crippen molar-refractivity contribution in [1.29, 1.82) is 0 Å². The van der Waals surface area contributed by atoms with Crippen LogP contribution in [-0.4, -0.2) is 48.9 Å². The van der Waals surface area contributed by atoms with Crippen molar-refractivity contribution >= 4 is 6.03 Å². The van der Waals surface area contributed by atoms with Gasteiger partial charge >= 0.3 is 6.03 Å². The van der Waals surface area contributed by atoms with E-state index in [1.54, 1.807) is 0 Å². The van der Waals surface area contributed by atoms with Crippen molar-refractivity contribution in [3.63, 3.8) is 0 Å². The largest absolute Gasteiger partial charge is 0.396 e. The summed E-state index contributed by atoms with van der Waals surface area (Å²) in [5, 5.41) is 12.7. The number of hydrogen-bond acceptors (Lipinski definition) is 3. The van der Waals surface area contributed by atoms with Crippen molar-refractivity contribution in [3.05, 3.63) is 70.3 Å². The minimum absolute atomic E-state index is 0.00247. The number of carbonyl (C=O) groups excluding carboxylic acids is 1. The maximum absolute atomic E-state index is 12.7. The van der Waals surface area contributed by atoms with Crippen LogP contribution in [0.25, 0.3) is 0 Å². The molecule has 0 bridgehead atoms. The molecule has 156 valence electrons. The number of amides is 2. The summed E-state index contributed by atoms with van der Waals surface area (Å²) in [5.41, 5.74) is 5.98. The summed E-state index contributed by atoms with van der Waals surface area (Å²) >= 11 is 0. The Morgan fingerprint density at radius 1 is 1.21 bits per heavy atom. The standard InChI is InChI=1S/C24H32N2O3/c1-17-5-4-6-20(11-17)13-21(16-27)14-25-24(28)26-9-10-29-23(15-26)22-8-7-18(2)19(3)12-22/h4-8,11-12,21,23,27H,9-10,13-16H2,1-3H3,(H,25,28). The average Bonchev–Trinajstić information content (AvgIpc) is 2.73. The Labute approximate surface area is 173 Å². The molecule has 0 saturated carbocycles. The van der Waals surface area contributed by atoms with Crippen molar-refractivity contribution in [2.24, 2.45) is 5.92 Å². The average molecular weight is 397 g/mol. The van der Waals surface area contributed by atoms with Crippen LogP contribution < -0.4 is 5.32 Å². The Kier molecular flexibility index (Phi) is 7.29. The molecule has 2 unspecified atom stereocenters. The molecule has 2 aromatic rings. The number of rotatable bonds is 6. The van der Waals surface area contributed by atoms with Crippen LogP contribution in [0.1, 0.15) is 33.9 Å². The second-order valence-corrected chi connectivity index (χ2v) is 8.08. The van der Waals surface area contributed by atoms with Gasteiger partial charge in [-0.25, -0.2) is 4.79 Å². The molecule has 1 aliphatic rings. The molecule has 5 nitrogen and oxygen atoms in total. The van der Waals surface area contributed by atoms with Gasteiger partial charge in [-0.3, -0.25) is 0 Å². The van der Waals surface area contributed by atoms with Gasteiger partial charge in [0.05, 0.1) is 13.2 Å². The van der Waals surface area contributed by atoms with Crippen molar-refractivity contribution < 1.29 is 14.6 Å². The van der Waals surface area contributed by atoms with Gasteiger partial charge in [0.15, 0.2) is 0 Å². The van der Waals surface area contributed by atoms with E-state index in [4.69, 9.17) is 4.74 Å². The lowest BCUT2D eigenvalue weighted by Crippen LogP contribution is -2.48. The Morgan fingerprint density at radius 2 is 2.03 bits per heavy atom. The number of aliphatic hydroxyl groups is 1. The van der Waals surface area contributed by atoms with Gasteiger partial charge < -0.3 is 20.1 Å². The van der Waals surface area contributed by atoms with Crippen LogP contribution in [0.5, 0.6) is 0 Å². The number of nitrogens with one attached hydrogen (secondary N) is 1.